The van der Waals surface area contributed by atoms with Crippen LogP contribution >= 0.6 is 0 Å². The molecule has 1 aromatic rings. The summed E-state index contributed by atoms with van der Waals surface area (Å²) in [5, 5.41) is 3.89. The summed E-state index contributed by atoms with van der Waals surface area (Å²) in [6.07, 6.45) is 0. The SMILES string of the molecule is COCCN(Cc1noc(CN)n1)CC(C)C. The fraction of sp³-hybridized carbons (Fsp3) is 0.818. The van der Waals surface area contributed by atoms with E-state index in [1.807, 2.05) is 0 Å². The van der Waals surface area contributed by atoms with Crippen LogP contribution in [-0.4, -0.2) is 41.8 Å². The van der Waals surface area contributed by atoms with Crippen LogP contribution in [0.15, 0.2) is 4.52 Å². The van der Waals surface area contributed by atoms with Crippen molar-refractivity contribution in [3.05, 3.63) is 11.7 Å². The van der Waals surface area contributed by atoms with Crippen molar-refractivity contribution in [2.24, 2.45) is 11.7 Å². The molecule has 1 aromatic heterocycles. The second-order valence-electron chi connectivity index (χ2n) is 4.43. The van der Waals surface area contributed by atoms with Crippen molar-refractivity contribution in [2.75, 3.05) is 26.8 Å². The third kappa shape index (κ3) is 5.25. The number of nitrogens with two attached hydrogens (primary N) is 1. The molecular formula is C11H22N4O2. The number of ether oxygens (including phenoxy) is 1. The highest BCUT2D eigenvalue weighted by atomic mass is 16.5. The molecule has 0 fully saturated rings. The zero-order valence-electron chi connectivity index (χ0n) is 10.8. The molecule has 1 rings (SSSR count). The highest BCUT2D eigenvalue weighted by Gasteiger charge is 2.12. The quantitative estimate of drug-likeness (QED) is 0.720. The van der Waals surface area contributed by atoms with Gasteiger partial charge in [-0.2, -0.15) is 4.98 Å². The molecule has 0 saturated carbocycles. The molecule has 0 aliphatic rings. The van der Waals surface area contributed by atoms with Gasteiger partial charge in [0.1, 0.15) is 0 Å². The van der Waals surface area contributed by atoms with Crippen LogP contribution in [0.2, 0.25) is 0 Å². The van der Waals surface area contributed by atoms with E-state index in [-0.39, 0.29) is 6.54 Å². The third-order valence-electron chi connectivity index (χ3n) is 2.28. The molecular weight excluding hydrogens is 220 g/mol. The van der Waals surface area contributed by atoms with Crippen LogP contribution in [0, 0.1) is 5.92 Å². The van der Waals surface area contributed by atoms with Gasteiger partial charge in [-0.05, 0) is 5.92 Å². The summed E-state index contributed by atoms with van der Waals surface area (Å²) in [6, 6.07) is 0. The number of aromatic nitrogens is 2. The van der Waals surface area contributed by atoms with Gasteiger partial charge in [0, 0.05) is 20.2 Å². The molecule has 2 N–H and O–H groups in total. The molecule has 6 heteroatoms. The number of rotatable bonds is 8. The maximum Gasteiger partial charge on any atom is 0.240 e. The van der Waals surface area contributed by atoms with E-state index >= 15 is 0 Å². The summed E-state index contributed by atoms with van der Waals surface area (Å²) in [5.41, 5.74) is 5.43. The topological polar surface area (TPSA) is 77.4 Å². The lowest BCUT2D eigenvalue weighted by Crippen LogP contribution is -2.31. The molecule has 1 heterocycles. The second-order valence-corrected chi connectivity index (χ2v) is 4.43. The Balaban J connectivity index is 2.51. The Labute approximate surface area is 102 Å². The van der Waals surface area contributed by atoms with Gasteiger partial charge in [0.25, 0.3) is 0 Å². The molecule has 0 spiro atoms. The fourth-order valence-electron chi connectivity index (χ4n) is 1.61. The van der Waals surface area contributed by atoms with Crippen LogP contribution in [0.25, 0.3) is 0 Å². The number of hydrogen-bond acceptors (Lipinski definition) is 6. The molecule has 0 amide bonds. The smallest absolute Gasteiger partial charge is 0.240 e. The van der Waals surface area contributed by atoms with Crippen LogP contribution in [0.5, 0.6) is 0 Å². The summed E-state index contributed by atoms with van der Waals surface area (Å²) in [4.78, 5) is 6.45. The van der Waals surface area contributed by atoms with Gasteiger partial charge in [0.15, 0.2) is 5.82 Å². The van der Waals surface area contributed by atoms with Crippen LogP contribution in [0.3, 0.4) is 0 Å². The van der Waals surface area contributed by atoms with Crippen LogP contribution in [0.4, 0.5) is 0 Å². The van der Waals surface area contributed by atoms with E-state index in [4.69, 9.17) is 15.0 Å². The van der Waals surface area contributed by atoms with E-state index in [9.17, 15) is 0 Å². The van der Waals surface area contributed by atoms with Crippen molar-refractivity contribution in [3.8, 4) is 0 Å². The highest BCUT2D eigenvalue weighted by molar-refractivity contribution is 4.85. The van der Waals surface area contributed by atoms with Gasteiger partial charge >= 0.3 is 0 Å². The van der Waals surface area contributed by atoms with Crippen molar-refractivity contribution < 1.29 is 9.26 Å². The van der Waals surface area contributed by atoms with Crippen molar-refractivity contribution in [1.29, 1.82) is 0 Å². The molecule has 0 saturated heterocycles. The molecule has 0 aromatic carbocycles. The van der Waals surface area contributed by atoms with Gasteiger partial charge in [0.05, 0.1) is 19.7 Å². The highest BCUT2D eigenvalue weighted by Crippen LogP contribution is 2.05. The monoisotopic (exact) mass is 242 g/mol. The summed E-state index contributed by atoms with van der Waals surface area (Å²) in [7, 11) is 1.70. The lowest BCUT2D eigenvalue weighted by atomic mass is 10.2. The molecule has 98 valence electrons. The minimum Gasteiger partial charge on any atom is -0.383 e. The Morgan fingerprint density at radius 3 is 2.76 bits per heavy atom. The first kappa shape index (κ1) is 14.1. The molecule has 0 unspecified atom stereocenters. The predicted molar refractivity (Wildman–Crippen MR) is 64.2 cm³/mol. The van der Waals surface area contributed by atoms with E-state index in [1.54, 1.807) is 7.11 Å². The van der Waals surface area contributed by atoms with Crippen molar-refractivity contribution in [1.82, 2.24) is 15.0 Å². The van der Waals surface area contributed by atoms with Gasteiger partial charge in [-0.1, -0.05) is 19.0 Å². The van der Waals surface area contributed by atoms with Gasteiger partial charge in [-0.3, -0.25) is 4.90 Å². The van der Waals surface area contributed by atoms with Crippen LogP contribution in [0.1, 0.15) is 25.6 Å². The molecule has 0 radical (unpaired) electrons. The minimum atomic E-state index is 0.287. The summed E-state index contributed by atoms with van der Waals surface area (Å²) in [5.74, 6) is 1.76. The zero-order valence-corrected chi connectivity index (χ0v) is 10.8. The Bertz CT molecular complexity index is 314. The van der Waals surface area contributed by atoms with E-state index in [2.05, 4.69) is 28.9 Å². The van der Waals surface area contributed by atoms with Gasteiger partial charge < -0.3 is 15.0 Å². The lowest BCUT2D eigenvalue weighted by Gasteiger charge is -2.22. The molecule has 6 nitrogen and oxygen atoms in total. The van der Waals surface area contributed by atoms with Crippen molar-refractivity contribution in [2.45, 2.75) is 26.9 Å². The first-order chi connectivity index (χ1) is 8.15. The second kappa shape index (κ2) is 7.37. The first-order valence-electron chi connectivity index (χ1n) is 5.88. The number of methoxy groups -OCH3 is 1. The van der Waals surface area contributed by atoms with Gasteiger partial charge in [0.2, 0.25) is 5.89 Å². The van der Waals surface area contributed by atoms with E-state index in [0.717, 1.165) is 13.1 Å². The standard InChI is InChI=1S/C11H22N4O2/c1-9(2)7-15(4-5-16-3)8-10-13-11(6-12)17-14-10/h9H,4-8,12H2,1-3H3. The van der Waals surface area contributed by atoms with E-state index in [1.165, 1.54) is 0 Å². The van der Waals surface area contributed by atoms with Crippen LogP contribution < -0.4 is 5.73 Å². The lowest BCUT2D eigenvalue weighted by molar-refractivity contribution is 0.133. The predicted octanol–water partition coefficient (Wildman–Crippen LogP) is 0.633. The van der Waals surface area contributed by atoms with Gasteiger partial charge in [-0.15, -0.1) is 0 Å². The molecule has 17 heavy (non-hydrogen) atoms. The number of nitrogens with zero attached hydrogens (tertiary/aromatic N) is 3. The molecule has 0 aliphatic carbocycles. The average molecular weight is 242 g/mol. The summed E-state index contributed by atoms with van der Waals surface area (Å²) < 4.78 is 10.1. The summed E-state index contributed by atoms with van der Waals surface area (Å²) >= 11 is 0. The van der Waals surface area contributed by atoms with E-state index in [0.29, 0.717) is 30.8 Å². The normalized spacial score (nSPS) is 11.6. The molecule has 0 aliphatic heterocycles. The van der Waals surface area contributed by atoms with Gasteiger partial charge in [-0.25, -0.2) is 0 Å². The largest absolute Gasteiger partial charge is 0.383 e. The van der Waals surface area contributed by atoms with Crippen molar-refractivity contribution >= 4 is 0 Å². The molecule has 0 atom stereocenters. The Morgan fingerprint density at radius 2 is 2.24 bits per heavy atom. The Morgan fingerprint density at radius 1 is 1.47 bits per heavy atom. The minimum absolute atomic E-state index is 0.287. The fourth-order valence-corrected chi connectivity index (χ4v) is 1.61. The zero-order chi connectivity index (χ0) is 12.7. The summed E-state index contributed by atoms with van der Waals surface area (Å²) in [6.45, 7) is 7.87. The maximum atomic E-state index is 5.43. The van der Waals surface area contributed by atoms with Crippen molar-refractivity contribution in [3.63, 3.8) is 0 Å². The van der Waals surface area contributed by atoms with Crippen LogP contribution in [-0.2, 0) is 17.8 Å². The van der Waals surface area contributed by atoms with E-state index < -0.39 is 0 Å². The number of hydrogen-bond donors (Lipinski definition) is 1. The average Bonchev–Trinajstić information content (AvgIpc) is 2.73. The Kier molecular flexibility index (Phi) is 6.10. The third-order valence-corrected chi connectivity index (χ3v) is 2.28. The Hall–Kier alpha value is -0.980. The molecule has 0 bridgehead atoms. The first-order valence-corrected chi connectivity index (χ1v) is 5.88. The maximum absolute atomic E-state index is 5.43.